The summed E-state index contributed by atoms with van der Waals surface area (Å²) in [6.45, 7) is 3.71. The first-order chi connectivity index (χ1) is 9.49. The van der Waals surface area contributed by atoms with E-state index in [1.807, 2.05) is 13.8 Å². The summed E-state index contributed by atoms with van der Waals surface area (Å²) in [6, 6.07) is 4.15. The van der Waals surface area contributed by atoms with E-state index in [2.05, 4.69) is 15.3 Å². The molecule has 0 N–H and O–H groups in total. The minimum atomic E-state index is -0.398. The fourth-order valence-electron chi connectivity index (χ4n) is 2.18. The molecule has 0 radical (unpaired) electrons. The summed E-state index contributed by atoms with van der Waals surface area (Å²) in [5.41, 5.74) is 2.68. The minimum absolute atomic E-state index is 0.227. The summed E-state index contributed by atoms with van der Waals surface area (Å²) in [4.78, 5) is 0. The summed E-state index contributed by atoms with van der Waals surface area (Å²) in [7, 11) is 0. The van der Waals surface area contributed by atoms with Crippen LogP contribution in [0.25, 0.3) is 16.6 Å². The highest BCUT2D eigenvalue weighted by Crippen LogP contribution is 2.29. The lowest BCUT2D eigenvalue weighted by Gasteiger charge is -2.06. The average molecular weight is 311 g/mol. The lowest BCUT2D eigenvalue weighted by atomic mass is 10.2. The summed E-state index contributed by atoms with van der Waals surface area (Å²) in [5, 5.41) is 13.6. The Labute approximate surface area is 124 Å². The first-order valence-corrected chi connectivity index (χ1v) is 6.58. The second kappa shape index (κ2) is 4.68. The van der Waals surface area contributed by atoms with Crippen LogP contribution < -0.4 is 0 Å². The Morgan fingerprint density at radius 3 is 2.55 bits per heavy atom. The Bertz CT molecular complexity index is 829. The van der Waals surface area contributed by atoms with Crippen molar-refractivity contribution in [2.45, 2.75) is 13.8 Å². The summed E-state index contributed by atoms with van der Waals surface area (Å²) >= 11 is 12.1. The van der Waals surface area contributed by atoms with Crippen LogP contribution >= 0.6 is 23.2 Å². The fourth-order valence-corrected chi connectivity index (χ4v) is 2.60. The molecule has 0 bridgehead atoms. The van der Waals surface area contributed by atoms with Gasteiger partial charge in [-0.25, -0.2) is 9.07 Å². The SMILES string of the molecule is Cc1nnc(Cl)c2nn(-c3ccc(F)cc3Cl)c(C)c12. The molecule has 0 saturated carbocycles. The molecule has 7 heteroatoms. The van der Waals surface area contributed by atoms with Crippen LogP contribution in [0, 0.1) is 19.7 Å². The number of halogens is 3. The van der Waals surface area contributed by atoms with Crippen molar-refractivity contribution in [3.8, 4) is 5.69 Å². The van der Waals surface area contributed by atoms with E-state index in [1.54, 1.807) is 10.7 Å². The summed E-state index contributed by atoms with van der Waals surface area (Å²) in [5.74, 6) is -0.398. The maximum Gasteiger partial charge on any atom is 0.179 e. The van der Waals surface area contributed by atoms with Gasteiger partial charge in [-0.15, -0.1) is 5.10 Å². The lowest BCUT2D eigenvalue weighted by Crippen LogP contribution is -2.00. The van der Waals surface area contributed by atoms with Crippen molar-refractivity contribution in [1.29, 1.82) is 0 Å². The third-order valence-electron chi connectivity index (χ3n) is 3.10. The molecule has 2 heterocycles. The minimum Gasteiger partial charge on any atom is -0.235 e. The molecule has 4 nitrogen and oxygen atoms in total. The monoisotopic (exact) mass is 310 g/mol. The van der Waals surface area contributed by atoms with Crippen molar-refractivity contribution in [2.75, 3.05) is 0 Å². The van der Waals surface area contributed by atoms with Gasteiger partial charge in [-0.1, -0.05) is 23.2 Å². The van der Waals surface area contributed by atoms with E-state index in [0.29, 0.717) is 11.2 Å². The molecule has 0 aliphatic carbocycles. The predicted octanol–water partition coefficient (Wildman–Crippen LogP) is 3.88. The van der Waals surface area contributed by atoms with Crippen LogP contribution in [0.15, 0.2) is 18.2 Å². The number of aryl methyl sites for hydroxylation is 2. The van der Waals surface area contributed by atoms with Crippen LogP contribution in [0.1, 0.15) is 11.4 Å². The van der Waals surface area contributed by atoms with Gasteiger partial charge in [-0.3, -0.25) is 0 Å². The first kappa shape index (κ1) is 13.3. The van der Waals surface area contributed by atoms with E-state index in [-0.39, 0.29) is 10.2 Å². The van der Waals surface area contributed by atoms with Gasteiger partial charge >= 0.3 is 0 Å². The molecule has 0 atom stereocenters. The molecule has 0 aliphatic heterocycles. The predicted molar refractivity (Wildman–Crippen MR) is 76.1 cm³/mol. The van der Waals surface area contributed by atoms with E-state index in [4.69, 9.17) is 23.2 Å². The average Bonchev–Trinajstić information content (AvgIpc) is 2.73. The number of hydrogen-bond donors (Lipinski definition) is 0. The van der Waals surface area contributed by atoms with Gasteiger partial charge in [0.05, 0.1) is 22.1 Å². The van der Waals surface area contributed by atoms with E-state index >= 15 is 0 Å². The van der Waals surface area contributed by atoms with Crippen molar-refractivity contribution in [1.82, 2.24) is 20.0 Å². The topological polar surface area (TPSA) is 43.6 Å². The molecule has 2 aromatic heterocycles. The van der Waals surface area contributed by atoms with Crippen molar-refractivity contribution in [3.63, 3.8) is 0 Å². The molecule has 1 aromatic carbocycles. The van der Waals surface area contributed by atoms with Crippen molar-refractivity contribution in [2.24, 2.45) is 0 Å². The van der Waals surface area contributed by atoms with Gasteiger partial charge in [-0.2, -0.15) is 10.2 Å². The van der Waals surface area contributed by atoms with Gasteiger partial charge in [0.15, 0.2) is 5.15 Å². The van der Waals surface area contributed by atoms with E-state index in [9.17, 15) is 4.39 Å². The number of nitrogens with zero attached hydrogens (tertiary/aromatic N) is 4. The zero-order valence-electron chi connectivity index (χ0n) is 10.7. The van der Waals surface area contributed by atoms with Crippen LogP contribution in [-0.4, -0.2) is 20.0 Å². The standard InChI is InChI=1S/C13H9Cl2FN4/c1-6-11-7(2)20(19-12(11)13(15)18-17-6)10-4-3-8(16)5-9(10)14/h3-5H,1-2H3. The maximum atomic E-state index is 13.1. The molecular formula is C13H9Cl2FN4. The maximum absolute atomic E-state index is 13.1. The molecule has 3 rings (SSSR count). The quantitative estimate of drug-likeness (QED) is 0.685. The number of benzene rings is 1. The normalized spacial score (nSPS) is 11.2. The van der Waals surface area contributed by atoms with Gasteiger partial charge in [0.25, 0.3) is 0 Å². The third kappa shape index (κ3) is 1.94. The lowest BCUT2D eigenvalue weighted by molar-refractivity contribution is 0.627. The zero-order valence-corrected chi connectivity index (χ0v) is 12.2. The first-order valence-electron chi connectivity index (χ1n) is 5.82. The van der Waals surface area contributed by atoms with Crippen LogP contribution in [-0.2, 0) is 0 Å². The smallest absolute Gasteiger partial charge is 0.179 e. The second-order valence-corrected chi connectivity index (χ2v) is 5.16. The van der Waals surface area contributed by atoms with Crippen LogP contribution in [0.3, 0.4) is 0 Å². The molecule has 0 fully saturated rings. The fraction of sp³-hybridized carbons (Fsp3) is 0.154. The highest BCUT2D eigenvalue weighted by Gasteiger charge is 2.17. The summed E-state index contributed by atoms with van der Waals surface area (Å²) in [6.07, 6.45) is 0. The molecule has 0 spiro atoms. The number of hydrogen-bond acceptors (Lipinski definition) is 3. The Morgan fingerprint density at radius 2 is 1.90 bits per heavy atom. The van der Waals surface area contributed by atoms with Gasteiger partial charge < -0.3 is 0 Å². The highest BCUT2D eigenvalue weighted by molar-refractivity contribution is 6.34. The Hall–Kier alpha value is -1.72. The molecule has 102 valence electrons. The van der Waals surface area contributed by atoms with Gasteiger partial charge in [0.2, 0.25) is 0 Å². The van der Waals surface area contributed by atoms with E-state index < -0.39 is 5.82 Å². The van der Waals surface area contributed by atoms with Gasteiger partial charge in [-0.05, 0) is 32.0 Å². The van der Waals surface area contributed by atoms with Gasteiger partial charge in [0, 0.05) is 5.39 Å². The zero-order chi connectivity index (χ0) is 14.4. The number of aromatic nitrogens is 4. The molecule has 20 heavy (non-hydrogen) atoms. The van der Waals surface area contributed by atoms with Crippen LogP contribution in [0.5, 0.6) is 0 Å². The highest BCUT2D eigenvalue weighted by atomic mass is 35.5. The van der Waals surface area contributed by atoms with Crippen molar-refractivity contribution < 1.29 is 4.39 Å². The van der Waals surface area contributed by atoms with E-state index in [0.717, 1.165) is 16.8 Å². The van der Waals surface area contributed by atoms with Crippen LogP contribution in [0.4, 0.5) is 4.39 Å². The number of fused-ring (bicyclic) bond motifs is 1. The molecule has 0 unspecified atom stereocenters. The number of rotatable bonds is 1. The Balaban J connectivity index is 2.35. The van der Waals surface area contributed by atoms with E-state index in [1.165, 1.54) is 12.1 Å². The van der Waals surface area contributed by atoms with Gasteiger partial charge in [0.1, 0.15) is 11.3 Å². The van der Waals surface area contributed by atoms with Crippen molar-refractivity contribution in [3.05, 3.63) is 45.6 Å². The Morgan fingerprint density at radius 1 is 1.15 bits per heavy atom. The molecular weight excluding hydrogens is 302 g/mol. The molecule has 0 saturated heterocycles. The second-order valence-electron chi connectivity index (χ2n) is 4.39. The molecule has 0 amide bonds. The largest absolute Gasteiger partial charge is 0.235 e. The van der Waals surface area contributed by atoms with Crippen LogP contribution in [0.2, 0.25) is 10.2 Å². The molecule has 0 aliphatic rings. The Kier molecular flexibility index (Phi) is 3.11. The molecule has 3 aromatic rings. The third-order valence-corrected chi connectivity index (χ3v) is 3.66. The summed E-state index contributed by atoms with van der Waals surface area (Å²) < 4.78 is 14.8. The van der Waals surface area contributed by atoms with Crippen molar-refractivity contribution >= 4 is 34.1 Å².